The van der Waals surface area contributed by atoms with E-state index in [9.17, 15) is 13.2 Å². The third-order valence-corrected chi connectivity index (χ3v) is 5.57. The molecule has 1 aliphatic rings. The van der Waals surface area contributed by atoms with E-state index in [1.807, 2.05) is 0 Å². The van der Waals surface area contributed by atoms with E-state index in [2.05, 4.69) is 16.4 Å². The van der Waals surface area contributed by atoms with Gasteiger partial charge < -0.3 is 5.32 Å². The van der Waals surface area contributed by atoms with Gasteiger partial charge in [0.1, 0.15) is 0 Å². The maximum Gasteiger partial charge on any atom is 0.221 e. The quantitative estimate of drug-likeness (QED) is 0.681. The normalized spacial score (nSPS) is 15.0. The number of carbonyl (C=O) groups is 1. The topological polar surface area (TPSA) is 79.4 Å². The van der Waals surface area contributed by atoms with E-state index in [-0.39, 0.29) is 25.4 Å². The highest BCUT2D eigenvalue weighted by Crippen LogP contribution is 2.19. The van der Waals surface area contributed by atoms with Crippen molar-refractivity contribution in [3.63, 3.8) is 0 Å². The Morgan fingerprint density at radius 2 is 2.04 bits per heavy atom. The zero-order chi connectivity index (χ0) is 18.1. The number of aromatic nitrogens is 1. The summed E-state index contributed by atoms with van der Waals surface area (Å²) in [6, 6.07) is 3.55. The lowest BCUT2D eigenvalue weighted by Gasteiger charge is -2.20. The number of pyridine rings is 1. The molecule has 0 unspecified atom stereocenters. The molecule has 0 aliphatic heterocycles. The molecule has 1 heterocycles. The lowest BCUT2D eigenvalue weighted by Crippen LogP contribution is -2.34. The smallest absolute Gasteiger partial charge is 0.221 e. The number of nitrogens with one attached hydrogen (secondary N) is 1. The number of carbonyl (C=O) groups excluding carboxylic acids is 1. The molecule has 6 nitrogen and oxygen atoms in total. The van der Waals surface area contributed by atoms with Gasteiger partial charge >= 0.3 is 0 Å². The number of hydrogen-bond acceptors (Lipinski definition) is 4. The maximum atomic E-state index is 12.0. The Bertz CT molecular complexity index is 687. The van der Waals surface area contributed by atoms with Crippen LogP contribution in [0.1, 0.15) is 44.1 Å². The molecule has 0 saturated heterocycles. The third-order valence-electron chi connectivity index (χ3n) is 4.32. The minimum Gasteiger partial charge on any atom is -0.356 e. The van der Waals surface area contributed by atoms with Crippen molar-refractivity contribution in [2.24, 2.45) is 0 Å². The predicted molar refractivity (Wildman–Crippen MR) is 98.3 cm³/mol. The Labute approximate surface area is 150 Å². The molecule has 1 aliphatic carbocycles. The van der Waals surface area contributed by atoms with Gasteiger partial charge in [0.2, 0.25) is 15.9 Å². The van der Waals surface area contributed by atoms with Crippen LogP contribution in [0, 0.1) is 0 Å². The molecule has 0 spiro atoms. The summed E-state index contributed by atoms with van der Waals surface area (Å²) in [4.78, 5) is 15.9. The van der Waals surface area contributed by atoms with Gasteiger partial charge in [0.15, 0.2) is 0 Å². The van der Waals surface area contributed by atoms with Crippen molar-refractivity contribution >= 4 is 15.9 Å². The molecule has 7 heteroatoms. The van der Waals surface area contributed by atoms with Crippen molar-refractivity contribution in [1.82, 2.24) is 14.6 Å². The fraction of sp³-hybridized carbons (Fsp3) is 0.556. The second-order valence-electron chi connectivity index (χ2n) is 6.41. The van der Waals surface area contributed by atoms with E-state index >= 15 is 0 Å². The summed E-state index contributed by atoms with van der Waals surface area (Å²) >= 11 is 0. The van der Waals surface area contributed by atoms with Crippen LogP contribution in [-0.4, -0.2) is 43.0 Å². The van der Waals surface area contributed by atoms with Crippen LogP contribution in [0.15, 0.2) is 36.2 Å². The molecule has 1 aromatic heterocycles. The molecule has 0 bridgehead atoms. The Balaban J connectivity index is 1.77. The van der Waals surface area contributed by atoms with E-state index in [0.717, 1.165) is 24.8 Å². The van der Waals surface area contributed by atoms with Crippen molar-refractivity contribution in [3.05, 3.63) is 41.7 Å². The van der Waals surface area contributed by atoms with Gasteiger partial charge in [-0.3, -0.25) is 9.78 Å². The highest BCUT2D eigenvalue weighted by molar-refractivity contribution is 7.88. The van der Waals surface area contributed by atoms with Crippen molar-refractivity contribution in [2.75, 3.05) is 19.3 Å². The number of sulfonamides is 1. The largest absolute Gasteiger partial charge is 0.356 e. The van der Waals surface area contributed by atoms with Crippen LogP contribution in [0.2, 0.25) is 0 Å². The van der Waals surface area contributed by atoms with Crippen LogP contribution in [-0.2, 0) is 21.4 Å². The average Bonchev–Trinajstić information content (AvgIpc) is 2.59. The maximum absolute atomic E-state index is 12.0. The second kappa shape index (κ2) is 9.68. The van der Waals surface area contributed by atoms with Crippen LogP contribution in [0.3, 0.4) is 0 Å². The molecule has 2 rings (SSSR count). The third kappa shape index (κ3) is 7.36. The van der Waals surface area contributed by atoms with Crippen molar-refractivity contribution in [3.8, 4) is 0 Å². The van der Waals surface area contributed by atoms with Gasteiger partial charge in [0.25, 0.3) is 0 Å². The van der Waals surface area contributed by atoms with Crippen LogP contribution in [0.25, 0.3) is 0 Å². The van der Waals surface area contributed by atoms with E-state index < -0.39 is 10.0 Å². The second-order valence-corrected chi connectivity index (χ2v) is 8.39. The van der Waals surface area contributed by atoms with E-state index in [1.54, 1.807) is 24.5 Å². The van der Waals surface area contributed by atoms with Crippen molar-refractivity contribution in [1.29, 1.82) is 0 Å². The molecule has 1 aromatic rings. The predicted octanol–water partition coefficient (Wildman–Crippen LogP) is 2.24. The number of amides is 1. The number of allylic oxidation sites excluding steroid dienone is 1. The fourth-order valence-corrected chi connectivity index (χ4v) is 3.67. The van der Waals surface area contributed by atoms with Gasteiger partial charge in [-0.2, -0.15) is 4.31 Å². The molecule has 0 saturated carbocycles. The standard InChI is InChI=1S/C18H27N3O3S/c1-25(23,24)21(15-17-7-11-19-12-8-17)14-10-18(22)20-13-9-16-5-3-2-4-6-16/h5,7-8,11-12H,2-4,6,9-10,13-15H2,1H3,(H,20,22). The molecule has 1 N–H and O–H groups in total. The Morgan fingerprint density at radius 3 is 2.68 bits per heavy atom. The zero-order valence-corrected chi connectivity index (χ0v) is 15.6. The molecule has 0 atom stereocenters. The van der Waals surface area contributed by atoms with Crippen molar-refractivity contribution < 1.29 is 13.2 Å². The first-order valence-corrected chi connectivity index (χ1v) is 10.6. The summed E-state index contributed by atoms with van der Waals surface area (Å²) in [7, 11) is -3.37. The SMILES string of the molecule is CS(=O)(=O)N(CCC(=O)NCCC1=CCCCC1)Cc1ccncc1. The Kier molecular flexibility index (Phi) is 7.58. The average molecular weight is 365 g/mol. The summed E-state index contributed by atoms with van der Waals surface area (Å²) in [6.45, 7) is 1.05. The lowest BCUT2D eigenvalue weighted by atomic mass is 9.97. The first-order chi connectivity index (χ1) is 11.9. The Hall–Kier alpha value is -1.73. The monoisotopic (exact) mass is 365 g/mol. The van der Waals surface area contributed by atoms with Crippen LogP contribution < -0.4 is 5.32 Å². The van der Waals surface area contributed by atoms with Crippen molar-refractivity contribution in [2.45, 2.75) is 45.1 Å². The van der Waals surface area contributed by atoms with Crippen LogP contribution in [0.5, 0.6) is 0 Å². The highest BCUT2D eigenvalue weighted by Gasteiger charge is 2.18. The molecule has 25 heavy (non-hydrogen) atoms. The first kappa shape index (κ1) is 19.6. The van der Waals surface area contributed by atoms with E-state index in [4.69, 9.17) is 0 Å². The first-order valence-electron chi connectivity index (χ1n) is 8.74. The molecular formula is C18H27N3O3S. The highest BCUT2D eigenvalue weighted by atomic mass is 32.2. The summed E-state index contributed by atoms with van der Waals surface area (Å²) < 4.78 is 25.2. The number of hydrogen-bond donors (Lipinski definition) is 1. The number of rotatable bonds is 9. The molecular weight excluding hydrogens is 338 g/mol. The van der Waals surface area contributed by atoms with Gasteiger partial charge in [0.05, 0.1) is 6.26 Å². The minimum absolute atomic E-state index is 0.111. The van der Waals surface area contributed by atoms with Gasteiger partial charge in [-0.1, -0.05) is 11.6 Å². The molecule has 0 aromatic carbocycles. The zero-order valence-electron chi connectivity index (χ0n) is 14.8. The molecule has 0 fully saturated rings. The van der Waals surface area contributed by atoms with Gasteiger partial charge in [-0.05, 0) is 49.8 Å². The number of nitrogens with zero attached hydrogens (tertiary/aromatic N) is 2. The summed E-state index contributed by atoms with van der Waals surface area (Å²) in [6.07, 6.45) is 12.5. The summed E-state index contributed by atoms with van der Waals surface area (Å²) in [5.74, 6) is -0.111. The fourth-order valence-electron chi connectivity index (χ4n) is 2.86. The van der Waals surface area contributed by atoms with Gasteiger partial charge in [-0.15, -0.1) is 0 Å². The van der Waals surface area contributed by atoms with E-state index in [0.29, 0.717) is 6.54 Å². The minimum atomic E-state index is -3.37. The van der Waals surface area contributed by atoms with Crippen LogP contribution in [0.4, 0.5) is 0 Å². The van der Waals surface area contributed by atoms with Gasteiger partial charge in [0, 0.05) is 38.4 Å². The molecule has 138 valence electrons. The lowest BCUT2D eigenvalue weighted by molar-refractivity contribution is -0.121. The van der Waals surface area contributed by atoms with Crippen LogP contribution >= 0.6 is 0 Å². The van der Waals surface area contributed by atoms with E-state index in [1.165, 1.54) is 29.0 Å². The summed E-state index contributed by atoms with van der Waals surface area (Å²) in [5, 5.41) is 2.89. The Morgan fingerprint density at radius 1 is 1.28 bits per heavy atom. The van der Waals surface area contributed by atoms with Gasteiger partial charge in [-0.25, -0.2) is 8.42 Å². The molecule has 0 radical (unpaired) electrons. The molecule has 1 amide bonds. The summed E-state index contributed by atoms with van der Waals surface area (Å²) in [5.41, 5.74) is 2.27.